The Balaban J connectivity index is 1.82. The molecule has 1 N–H and O–H groups in total. The number of benzene rings is 1. The van der Waals surface area contributed by atoms with Crippen LogP contribution in [0.3, 0.4) is 0 Å². The number of hydrogen-bond donors (Lipinski definition) is 1. The van der Waals surface area contributed by atoms with Gasteiger partial charge in [-0.3, -0.25) is 4.79 Å². The smallest absolute Gasteiger partial charge is 0.236 e. The van der Waals surface area contributed by atoms with Crippen LogP contribution in [0.5, 0.6) is 0 Å². The Labute approximate surface area is 137 Å². The highest BCUT2D eigenvalue weighted by Crippen LogP contribution is 2.44. The second-order valence-corrected chi connectivity index (χ2v) is 6.36. The van der Waals surface area contributed by atoms with Gasteiger partial charge in [0.05, 0.1) is 11.0 Å². The van der Waals surface area contributed by atoms with Crippen LogP contribution in [0.4, 0.5) is 5.82 Å². The molecule has 0 atom stereocenters. The van der Waals surface area contributed by atoms with Crippen LogP contribution in [0, 0.1) is 11.3 Å². The van der Waals surface area contributed by atoms with Crippen LogP contribution in [0.1, 0.15) is 30.4 Å². The highest BCUT2D eigenvalue weighted by Gasteiger charge is 2.45. The summed E-state index contributed by atoms with van der Waals surface area (Å²) in [6, 6.07) is 13.2. The van der Waals surface area contributed by atoms with Crippen molar-refractivity contribution in [1.82, 2.24) is 4.98 Å². The molecule has 110 valence electrons. The average Bonchev–Trinajstić information content (AvgIpc) is 2.49. The van der Waals surface area contributed by atoms with E-state index < -0.39 is 5.41 Å². The first kappa shape index (κ1) is 14.7. The van der Waals surface area contributed by atoms with Crippen molar-refractivity contribution in [1.29, 1.82) is 5.26 Å². The molecular formula is C17H14BrN3O. The molecule has 1 heterocycles. The number of nitrogens with one attached hydrogen (secondary N) is 1. The van der Waals surface area contributed by atoms with Crippen LogP contribution in [-0.2, 0) is 10.2 Å². The minimum atomic E-state index is -0.462. The summed E-state index contributed by atoms with van der Waals surface area (Å²) in [5, 5.41) is 11.7. The zero-order valence-electron chi connectivity index (χ0n) is 11.8. The maximum absolute atomic E-state index is 12.7. The Bertz CT molecular complexity index is 728. The van der Waals surface area contributed by atoms with Gasteiger partial charge < -0.3 is 5.32 Å². The summed E-state index contributed by atoms with van der Waals surface area (Å²) in [6.07, 6.45) is 4.19. The Morgan fingerprint density at radius 3 is 2.45 bits per heavy atom. The maximum atomic E-state index is 12.7. The first-order chi connectivity index (χ1) is 10.6. The third kappa shape index (κ3) is 2.62. The average molecular weight is 356 g/mol. The molecule has 0 bridgehead atoms. The van der Waals surface area contributed by atoms with Crippen LogP contribution in [-0.4, -0.2) is 10.9 Å². The zero-order valence-corrected chi connectivity index (χ0v) is 13.4. The quantitative estimate of drug-likeness (QED) is 0.910. The molecule has 1 amide bonds. The van der Waals surface area contributed by atoms with Gasteiger partial charge in [0.2, 0.25) is 5.91 Å². The highest BCUT2D eigenvalue weighted by atomic mass is 79.9. The molecule has 0 spiro atoms. The molecule has 2 aromatic rings. The summed E-state index contributed by atoms with van der Waals surface area (Å²) >= 11 is 3.42. The van der Waals surface area contributed by atoms with Gasteiger partial charge >= 0.3 is 0 Å². The van der Waals surface area contributed by atoms with Gasteiger partial charge in [0.25, 0.3) is 0 Å². The second kappa shape index (κ2) is 5.90. The summed E-state index contributed by atoms with van der Waals surface area (Å²) in [5.74, 6) is 0.450. The Kier molecular flexibility index (Phi) is 3.95. The molecule has 1 aliphatic carbocycles. The standard InChI is InChI=1S/C17H14BrN3O/c18-14-5-3-13(4-6-14)17(8-1-9-17)16(22)21-15-7-2-12(10-19)11-20-15/h2-7,11H,1,8-9H2,(H,20,21,22). The van der Waals surface area contributed by atoms with Crippen molar-refractivity contribution in [3.63, 3.8) is 0 Å². The van der Waals surface area contributed by atoms with Gasteiger partial charge in [0.1, 0.15) is 11.9 Å². The van der Waals surface area contributed by atoms with E-state index in [2.05, 4.69) is 26.2 Å². The van der Waals surface area contributed by atoms with Gasteiger partial charge in [0.15, 0.2) is 0 Å². The first-order valence-corrected chi connectivity index (χ1v) is 7.87. The lowest BCUT2D eigenvalue weighted by atomic mass is 9.64. The summed E-state index contributed by atoms with van der Waals surface area (Å²) in [7, 11) is 0. The van der Waals surface area contributed by atoms with E-state index in [0.29, 0.717) is 11.4 Å². The monoisotopic (exact) mass is 355 g/mol. The number of amides is 1. The van der Waals surface area contributed by atoms with E-state index in [1.807, 2.05) is 30.3 Å². The number of nitriles is 1. The second-order valence-electron chi connectivity index (χ2n) is 5.44. The minimum absolute atomic E-state index is 0.0294. The molecule has 1 aromatic carbocycles. The van der Waals surface area contributed by atoms with Gasteiger partial charge in [-0.25, -0.2) is 4.98 Å². The topological polar surface area (TPSA) is 65.8 Å². The fourth-order valence-electron chi connectivity index (χ4n) is 2.72. The molecule has 0 radical (unpaired) electrons. The molecule has 5 heteroatoms. The number of pyridine rings is 1. The number of carbonyl (C=O) groups is 1. The third-order valence-electron chi connectivity index (χ3n) is 4.17. The number of hydrogen-bond acceptors (Lipinski definition) is 3. The summed E-state index contributed by atoms with van der Waals surface area (Å²) in [5.41, 5.74) is 1.05. The Morgan fingerprint density at radius 2 is 1.95 bits per heavy atom. The lowest BCUT2D eigenvalue weighted by molar-refractivity contribution is -0.124. The molecular weight excluding hydrogens is 342 g/mol. The lowest BCUT2D eigenvalue weighted by Crippen LogP contribution is -2.46. The Morgan fingerprint density at radius 1 is 1.23 bits per heavy atom. The van der Waals surface area contributed by atoms with E-state index in [1.165, 1.54) is 6.20 Å². The predicted octanol–water partition coefficient (Wildman–Crippen LogP) is 3.78. The van der Waals surface area contributed by atoms with Gasteiger partial charge in [-0.2, -0.15) is 5.26 Å². The zero-order chi connectivity index (χ0) is 15.6. The van der Waals surface area contributed by atoms with E-state index in [-0.39, 0.29) is 5.91 Å². The molecule has 0 saturated heterocycles. The maximum Gasteiger partial charge on any atom is 0.236 e. The number of halogens is 1. The summed E-state index contributed by atoms with van der Waals surface area (Å²) in [6.45, 7) is 0. The van der Waals surface area contributed by atoms with Crippen molar-refractivity contribution in [3.05, 3.63) is 58.2 Å². The molecule has 0 unspecified atom stereocenters. The van der Waals surface area contributed by atoms with E-state index >= 15 is 0 Å². The summed E-state index contributed by atoms with van der Waals surface area (Å²) in [4.78, 5) is 16.8. The van der Waals surface area contributed by atoms with Crippen LogP contribution in [0.15, 0.2) is 47.1 Å². The highest BCUT2D eigenvalue weighted by molar-refractivity contribution is 9.10. The van der Waals surface area contributed by atoms with Crippen molar-refractivity contribution >= 4 is 27.7 Å². The van der Waals surface area contributed by atoms with E-state index in [1.54, 1.807) is 12.1 Å². The van der Waals surface area contributed by atoms with Crippen molar-refractivity contribution in [2.75, 3.05) is 5.32 Å². The van der Waals surface area contributed by atoms with Crippen molar-refractivity contribution < 1.29 is 4.79 Å². The largest absolute Gasteiger partial charge is 0.310 e. The fraction of sp³-hybridized carbons (Fsp3) is 0.235. The first-order valence-electron chi connectivity index (χ1n) is 7.08. The molecule has 0 aliphatic heterocycles. The van der Waals surface area contributed by atoms with Crippen LogP contribution < -0.4 is 5.32 Å². The van der Waals surface area contributed by atoms with Crippen LogP contribution >= 0.6 is 15.9 Å². The normalized spacial score (nSPS) is 15.5. The van der Waals surface area contributed by atoms with Gasteiger partial charge in [-0.1, -0.05) is 34.5 Å². The van der Waals surface area contributed by atoms with Crippen LogP contribution in [0.25, 0.3) is 0 Å². The molecule has 3 rings (SSSR count). The predicted molar refractivity (Wildman–Crippen MR) is 87.3 cm³/mol. The Hall–Kier alpha value is -2.19. The fourth-order valence-corrected chi connectivity index (χ4v) is 2.98. The third-order valence-corrected chi connectivity index (χ3v) is 4.70. The van der Waals surface area contributed by atoms with Gasteiger partial charge in [-0.15, -0.1) is 0 Å². The van der Waals surface area contributed by atoms with Gasteiger partial charge in [0, 0.05) is 10.7 Å². The minimum Gasteiger partial charge on any atom is -0.310 e. The van der Waals surface area contributed by atoms with Gasteiger partial charge in [-0.05, 0) is 42.7 Å². The molecule has 4 nitrogen and oxygen atoms in total. The molecule has 1 aromatic heterocycles. The SMILES string of the molecule is N#Cc1ccc(NC(=O)C2(c3ccc(Br)cc3)CCC2)nc1. The van der Waals surface area contributed by atoms with Crippen molar-refractivity contribution in [2.24, 2.45) is 0 Å². The van der Waals surface area contributed by atoms with E-state index in [0.717, 1.165) is 29.3 Å². The number of rotatable bonds is 3. The number of carbonyl (C=O) groups excluding carboxylic acids is 1. The summed E-state index contributed by atoms with van der Waals surface area (Å²) < 4.78 is 1.000. The molecule has 22 heavy (non-hydrogen) atoms. The lowest BCUT2D eigenvalue weighted by Gasteiger charge is -2.40. The molecule has 1 saturated carbocycles. The van der Waals surface area contributed by atoms with E-state index in [9.17, 15) is 4.79 Å². The van der Waals surface area contributed by atoms with Crippen molar-refractivity contribution in [3.8, 4) is 6.07 Å². The number of anilines is 1. The number of nitrogens with zero attached hydrogens (tertiary/aromatic N) is 2. The molecule has 1 aliphatic rings. The van der Waals surface area contributed by atoms with Crippen LogP contribution in [0.2, 0.25) is 0 Å². The van der Waals surface area contributed by atoms with E-state index in [4.69, 9.17) is 5.26 Å². The number of aromatic nitrogens is 1. The molecule has 1 fully saturated rings. The van der Waals surface area contributed by atoms with Crippen molar-refractivity contribution in [2.45, 2.75) is 24.7 Å².